The molecule has 112 valence electrons. The van der Waals surface area contributed by atoms with Crippen molar-refractivity contribution in [2.75, 3.05) is 24.3 Å². The largest absolute Gasteiger partial charge is 0.376 e. The molecule has 0 bridgehead atoms. The molecule has 1 N–H and O–H groups in total. The van der Waals surface area contributed by atoms with Gasteiger partial charge in [0.15, 0.2) is 0 Å². The van der Waals surface area contributed by atoms with E-state index in [-0.39, 0.29) is 6.04 Å². The summed E-state index contributed by atoms with van der Waals surface area (Å²) < 4.78 is 0. The minimum absolute atomic E-state index is 0.0323. The van der Waals surface area contributed by atoms with Crippen LogP contribution in [0.25, 0.3) is 0 Å². The second kappa shape index (κ2) is 6.73. The van der Waals surface area contributed by atoms with Gasteiger partial charge in [-0.25, -0.2) is 0 Å². The zero-order valence-electron chi connectivity index (χ0n) is 12.0. The van der Waals surface area contributed by atoms with Crippen LogP contribution >= 0.6 is 34.8 Å². The smallest absolute Gasteiger partial charge is 0.0782 e. The molecule has 0 aliphatic rings. The van der Waals surface area contributed by atoms with E-state index in [9.17, 15) is 0 Å². The van der Waals surface area contributed by atoms with Gasteiger partial charge in [0.2, 0.25) is 0 Å². The van der Waals surface area contributed by atoms with Crippen LogP contribution in [0.3, 0.4) is 0 Å². The van der Waals surface area contributed by atoms with Crippen LogP contribution in [0.2, 0.25) is 15.1 Å². The molecule has 3 nitrogen and oxygen atoms in total. The predicted octanol–water partition coefficient (Wildman–Crippen LogP) is 5.28. The van der Waals surface area contributed by atoms with Crippen molar-refractivity contribution in [3.8, 4) is 0 Å². The summed E-state index contributed by atoms with van der Waals surface area (Å²) in [5, 5.41) is 4.71. The third-order valence-corrected chi connectivity index (χ3v) is 4.49. The first-order valence-corrected chi connectivity index (χ1v) is 7.56. The molecule has 1 unspecified atom stereocenters. The maximum Gasteiger partial charge on any atom is 0.0782 e. The van der Waals surface area contributed by atoms with E-state index in [0.717, 1.165) is 16.9 Å². The summed E-state index contributed by atoms with van der Waals surface area (Å²) in [6, 6.07) is 5.54. The lowest BCUT2D eigenvalue weighted by molar-refractivity contribution is 0.881. The molecule has 6 heteroatoms. The van der Waals surface area contributed by atoms with Gasteiger partial charge in [-0.3, -0.25) is 4.98 Å². The molecule has 1 aromatic carbocycles. The number of hydrogen-bond donors (Lipinski definition) is 1. The summed E-state index contributed by atoms with van der Waals surface area (Å²) in [5.74, 6) is 0. The fourth-order valence-electron chi connectivity index (χ4n) is 2.07. The molecule has 0 fully saturated rings. The Morgan fingerprint density at radius 2 is 1.81 bits per heavy atom. The fraction of sp³-hybridized carbons (Fsp3) is 0.267. The number of anilines is 2. The number of halogens is 3. The van der Waals surface area contributed by atoms with Gasteiger partial charge in [-0.1, -0.05) is 40.9 Å². The lowest BCUT2D eigenvalue weighted by Gasteiger charge is -2.22. The van der Waals surface area contributed by atoms with Crippen LogP contribution in [0.1, 0.15) is 18.5 Å². The quantitative estimate of drug-likeness (QED) is 0.765. The summed E-state index contributed by atoms with van der Waals surface area (Å²) in [5.41, 5.74) is 2.87. The molecule has 2 aromatic rings. The molecular weight excluding hydrogens is 329 g/mol. The molecule has 0 radical (unpaired) electrons. The van der Waals surface area contributed by atoms with E-state index in [4.69, 9.17) is 34.8 Å². The van der Waals surface area contributed by atoms with Gasteiger partial charge < -0.3 is 10.2 Å². The lowest BCUT2D eigenvalue weighted by Crippen LogP contribution is -2.14. The Bertz CT molecular complexity index is 644. The van der Waals surface area contributed by atoms with Crippen molar-refractivity contribution in [1.29, 1.82) is 0 Å². The number of nitrogens with one attached hydrogen (secondary N) is 1. The second-order valence-electron chi connectivity index (χ2n) is 4.92. The summed E-state index contributed by atoms with van der Waals surface area (Å²) in [4.78, 5) is 6.18. The van der Waals surface area contributed by atoms with Crippen molar-refractivity contribution < 1.29 is 0 Å². The number of aromatic nitrogens is 1. The van der Waals surface area contributed by atoms with Gasteiger partial charge in [-0.15, -0.1) is 0 Å². The topological polar surface area (TPSA) is 28.2 Å². The first kappa shape index (κ1) is 16.2. The van der Waals surface area contributed by atoms with E-state index in [1.165, 1.54) is 0 Å². The van der Waals surface area contributed by atoms with Crippen LogP contribution in [0.4, 0.5) is 11.4 Å². The summed E-state index contributed by atoms with van der Waals surface area (Å²) >= 11 is 18.3. The van der Waals surface area contributed by atoms with Gasteiger partial charge >= 0.3 is 0 Å². The van der Waals surface area contributed by atoms with Crippen LogP contribution in [0.15, 0.2) is 30.6 Å². The standard InChI is InChI=1S/C15H16Cl3N3/c1-9(10-4-5-11(16)15(18)14(10)17)20-12-8-19-7-6-13(12)21(2)3/h4-9,20H,1-3H3. The normalized spacial score (nSPS) is 12.1. The molecule has 0 amide bonds. The Balaban J connectivity index is 2.31. The Hall–Kier alpha value is -1.16. The molecule has 2 rings (SSSR count). The summed E-state index contributed by atoms with van der Waals surface area (Å²) in [6.07, 6.45) is 3.55. The van der Waals surface area contributed by atoms with Crippen molar-refractivity contribution in [2.24, 2.45) is 0 Å². The van der Waals surface area contributed by atoms with E-state index >= 15 is 0 Å². The van der Waals surface area contributed by atoms with Crippen molar-refractivity contribution in [3.05, 3.63) is 51.2 Å². The van der Waals surface area contributed by atoms with Crippen molar-refractivity contribution in [3.63, 3.8) is 0 Å². The predicted molar refractivity (Wildman–Crippen MR) is 92.1 cm³/mol. The molecular formula is C15H16Cl3N3. The highest BCUT2D eigenvalue weighted by Crippen LogP contribution is 2.37. The Morgan fingerprint density at radius 1 is 1.10 bits per heavy atom. The molecule has 1 aromatic heterocycles. The van der Waals surface area contributed by atoms with Crippen LogP contribution < -0.4 is 10.2 Å². The van der Waals surface area contributed by atoms with Gasteiger partial charge in [0.25, 0.3) is 0 Å². The van der Waals surface area contributed by atoms with Gasteiger partial charge in [0.05, 0.1) is 38.7 Å². The molecule has 0 spiro atoms. The highest BCUT2D eigenvalue weighted by Gasteiger charge is 2.15. The number of pyridine rings is 1. The third kappa shape index (κ3) is 3.54. The molecule has 0 saturated heterocycles. The maximum atomic E-state index is 6.28. The number of nitrogens with zero attached hydrogens (tertiary/aromatic N) is 2. The Morgan fingerprint density at radius 3 is 2.48 bits per heavy atom. The van der Waals surface area contributed by atoms with E-state index in [2.05, 4.69) is 10.3 Å². The first-order valence-electron chi connectivity index (χ1n) is 6.43. The van der Waals surface area contributed by atoms with E-state index in [1.807, 2.05) is 38.1 Å². The molecule has 1 atom stereocenters. The Labute approximate surface area is 139 Å². The van der Waals surface area contributed by atoms with Crippen molar-refractivity contribution in [1.82, 2.24) is 4.98 Å². The molecule has 21 heavy (non-hydrogen) atoms. The average molecular weight is 345 g/mol. The molecule has 0 aliphatic heterocycles. The van der Waals surface area contributed by atoms with Crippen molar-refractivity contribution >= 4 is 46.2 Å². The van der Waals surface area contributed by atoms with Gasteiger partial charge in [-0.05, 0) is 24.6 Å². The number of rotatable bonds is 4. The van der Waals surface area contributed by atoms with Gasteiger partial charge in [0, 0.05) is 20.3 Å². The third-order valence-electron chi connectivity index (χ3n) is 3.18. The van der Waals surface area contributed by atoms with Crippen LogP contribution in [-0.4, -0.2) is 19.1 Å². The molecule has 0 aliphatic carbocycles. The monoisotopic (exact) mass is 343 g/mol. The summed E-state index contributed by atoms with van der Waals surface area (Å²) in [6.45, 7) is 2.01. The summed E-state index contributed by atoms with van der Waals surface area (Å²) in [7, 11) is 3.97. The minimum Gasteiger partial charge on any atom is -0.376 e. The number of benzene rings is 1. The maximum absolute atomic E-state index is 6.28. The zero-order chi connectivity index (χ0) is 15.6. The highest BCUT2D eigenvalue weighted by molar-refractivity contribution is 6.48. The van der Waals surface area contributed by atoms with E-state index < -0.39 is 0 Å². The van der Waals surface area contributed by atoms with Crippen LogP contribution in [-0.2, 0) is 0 Å². The lowest BCUT2D eigenvalue weighted by atomic mass is 10.1. The van der Waals surface area contributed by atoms with Crippen LogP contribution in [0, 0.1) is 0 Å². The van der Waals surface area contributed by atoms with E-state index in [0.29, 0.717) is 15.1 Å². The average Bonchev–Trinajstić information content (AvgIpc) is 2.45. The van der Waals surface area contributed by atoms with Gasteiger partial charge in [-0.2, -0.15) is 0 Å². The van der Waals surface area contributed by atoms with Crippen molar-refractivity contribution in [2.45, 2.75) is 13.0 Å². The molecule has 0 saturated carbocycles. The van der Waals surface area contributed by atoms with E-state index in [1.54, 1.807) is 18.5 Å². The number of hydrogen-bond acceptors (Lipinski definition) is 3. The zero-order valence-corrected chi connectivity index (χ0v) is 14.3. The second-order valence-corrected chi connectivity index (χ2v) is 6.08. The fourth-order valence-corrected chi connectivity index (χ4v) is 2.78. The minimum atomic E-state index is -0.0323. The van der Waals surface area contributed by atoms with Crippen LogP contribution in [0.5, 0.6) is 0 Å². The first-order chi connectivity index (χ1) is 9.91. The Kier molecular flexibility index (Phi) is 5.20. The SMILES string of the molecule is CC(Nc1cnccc1N(C)C)c1ccc(Cl)c(Cl)c1Cl. The highest BCUT2D eigenvalue weighted by atomic mass is 35.5. The molecule has 1 heterocycles. The van der Waals surface area contributed by atoms with Gasteiger partial charge in [0.1, 0.15) is 0 Å².